The summed E-state index contributed by atoms with van der Waals surface area (Å²) in [4.78, 5) is 12.1. The van der Waals surface area contributed by atoms with E-state index in [1.807, 2.05) is 59.5 Å². The molecule has 0 aliphatic carbocycles. The summed E-state index contributed by atoms with van der Waals surface area (Å²) in [5.41, 5.74) is 5.29. The predicted molar refractivity (Wildman–Crippen MR) is 99.6 cm³/mol. The van der Waals surface area contributed by atoms with Gasteiger partial charge in [-0.1, -0.05) is 0 Å². The first kappa shape index (κ1) is 14.3. The first-order valence-corrected chi connectivity index (χ1v) is 8.53. The molecule has 1 aliphatic rings. The minimum absolute atomic E-state index is 0.256. The molecule has 130 valence electrons. The van der Waals surface area contributed by atoms with Crippen molar-refractivity contribution in [2.24, 2.45) is 0 Å². The number of nitrogens with zero attached hydrogens (tertiary/aromatic N) is 4. The molecule has 1 N–H and O–H groups in total. The lowest BCUT2D eigenvalue weighted by atomic mass is 10.1. The molecule has 27 heavy (non-hydrogen) atoms. The third kappa shape index (κ3) is 2.18. The van der Waals surface area contributed by atoms with E-state index >= 15 is 0 Å². The number of aromatic amines is 1. The van der Waals surface area contributed by atoms with Crippen molar-refractivity contribution in [1.82, 2.24) is 24.6 Å². The van der Waals surface area contributed by atoms with Crippen LogP contribution in [0.15, 0.2) is 61.1 Å². The van der Waals surface area contributed by atoms with Crippen molar-refractivity contribution in [3.63, 3.8) is 0 Å². The Hall–Kier alpha value is -3.87. The molecule has 0 radical (unpaired) electrons. The second kappa shape index (κ2) is 5.31. The number of H-pyrrole nitrogens is 1. The fourth-order valence-corrected chi connectivity index (χ4v) is 3.36. The molecule has 6 rings (SSSR count). The van der Waals surface area contributed by atoms with E-state index in [0.717, 1.165) is 50.7 Å². The van der Waals surface area contributed by atoms with Crippen LogP contribution in [0.3, 0.4) is 0 Å². The fourth-order valence-electron chi connectivity index (χ4n) is 3.36. The van der Waals surface area contributed by atoms with Gasteiger partial charge < -0.3 is 14.5 Å². The Balaban J connectivity index is 1.50. The highest BCUT2D eigenvalue weighted by molar-refractivity contribution is 5.81. The molecule has 0 spiro atoms. The van der Waals surface area contributed by atoms with Crippen LogP contribution in [0.5, 0.6) is 11.5 Å². The van der Waals surface area contributed by atoms with Crippen molar-refractivity contribution < 1.29 is 9.47 Å². The molecule has 1 aromatic carbocycles. The Kier molecular flexibility index (Phi) is 2.82. The summed E-state index contributed by atoms with van der Waals surface area (Å²) >= 11 is 0. The van der Waals surface area contributed by atoms with E-state index in [4.69, 9.17) is 14.6 Å². The lowest BCUT2D eigenvalue weighted by molar-refractivity contribution is 0.174. The van der Waals surface area contributed by atoms with Crippen molar-refractivity contribution >= 4 is 16.7 Å². The van der Waals surface area contributed by atoms with Gasteiger partial charge in [-0.15, -0.1) is 0 Å². The average Bonchev–Trinajstić information content (AvgIpc) is 3.44. The zero-order chi connectivity index (χ0) is 17.8. The second-order valence-corrected chi connectivity index (χ2v) is 6.34. The molecule has 5 aromatic rings. The van der Waals surface area contributed by atoms with Crippen LogP contribution < -0.4 is 9.47 Å². The third-order valence-electron chi connectivity index (χ3n) is 4.73. The molecule has 5 heterocycles. The van der Waals surface area contributed by atoms with Crippen molar-refractivity contribution in [1.29, 1.82) is 0 Å². The maximum Gasteiger partial charge on any atom is 0.231 e. The predicted octanol–water partition coefficient (Wildman–Crippen LogP) is 3.67. The molecule has 0 bridgehead atoms. The van der Waals surface area contributed by atoms with Gasteiger partial charge in [0.1, 0.15) is 5.65 Å². The number of hydrogen-bond donors (Lipinski definition) is 1. The Labute approximate surface area is 153 Å². The number of benzene rings is 1. The monoisotopic (exact) mass is 355 g/mol. The number of imidazole rings is 1. The van der Waals surface area contributed by atoms with Crippen molar-refractivity contribution in [3.05, 3.63) is 61.1 Å². The van der Waals surface area contributed by atoms with Gasteiger partial charge in [-0.05, 0) is 42.5 Å². The Morgan fingerprint density at radius 2 is 1.85 bits per heavy atom. The second-order valence-electron chi connectivity index (χ2n) is 6.34. The van der Waals surface area contributed by atoms with Crippen molar-refractivity contribution in [3.8, 4) is 34.0 Å². The molecule has 7 nitrogen and oxygen atoms in total. The normalized spacial score (nSPS) is 12.9. The highest BCUT2D eigenvalue weighted by Crippen LogP contribution is 2.35. The molecular weight excluding hydrogens is 342 g/mol. The highest BCUT2D eigenvalue weighted by atomic mass is 16.7. The number of aromatic nitrogens is 5. The van der Waals surface area contributed by atoms with E-state index in [-0.39, 0.29) is 6.79 Å². The minimum atomic E-state index is 0.256. The summed E-state index contributed by atoms with van der Waals surface area (Å²) in [5.74, 6) is 1.50. The van der Waals surface area contributed by atoms with Gasteiger partial charge in [0.2, 0.25) is 6.79 Å². The smallest absolute Gasteiger partial charge is 0.231 e. The quantitative estimate of drug-likeness (QED) is 0.523. The van der Waals surface area contributed by atoms with Crippen LogP contribution in [0, 0.1) is 0 Å². The number of pyridine rings is 1. The van der Waals surface area contributed by atoms with Crippen molar-refractivity contribution in [2.45, 2.75) is 0 Å². The summed E-state index contributed by atoms with van der Waals surface area (Å²) in [5, 5.41) is 5.85. The van der Waals surface area contributed by atoms with Gasteiger partial charge in [0.25, 0.3) is 0 Å². The average molecular weight is 355 g/mol. The van der Waals surface area contributed by atoms with E-state index in [9.17, 15) is 0 Å². The van der Waals surface area contributed by atoms with Crippen LogP contribution in [0.4, 0.5) is 0 Å². The van der Waals surface area contributed by atoms with Crippen LogP contribution in [-0.4, -0.2) is 31.4 Å². The number of hydrogen-bond acceptors (Lipinski definition) is 5. The summed E-state index contributed by atoms with van der Waals surface area (Å²) in [6.45, 7) is 0.256. The van der Waals surface area contributed by atoms with Crippen LogP contribution in [0.25, 0.3) is 39.2 Å². The summed E-state index contributed by atoms with van der Waals surface area (Å²) in [6.07, 6.45) is 5.53. The SMILES string of the molecule is c1cc2cc(-c3cnc4ccc(-c5ccc6c(c5)OCO6)nn34)cnc2[nH]1. The Morgan fingerprint density at radius 1 is 0.889 bits per heavy atom. The number of rotatable bonds is 2. The number of ether oxygens (including phenoxy) is 2. The Bertz CT molecular complexity index is 1320. The first-order valence-electron chi connectivity index (χ1n) is 8.53. The molecule has 0 unspecified atom stereocenters. The Morgan fingerprint density at radius 3 is 2.85 bits per heavy atom. The van der Waals surface area contributed by atoms with Gasteiger partial charge in [-0.3, -0.25) is 0 Å². The van der Waals surface area contributed by atoms with E-state index in [1.54, 1.807) is 0 Å². The molecule has 0 amide bonds. The van der Waals surface area contributed by atoms with Gasteiger partial charge in [0.05, 0.1) is 17.6 Å². The van der Waals surface area contributed by atoms with Crippen LogP contribution in [0.1, 0.15) is 0 Å². The maximum atomic E-state index is 5.48. The zero-order valence-electron chi connectivity index (χ0n) is 14.1. The van der Waals surface area contributed by atoms with Gasteiger partial charge in [0.15, 0.2) is 17.1 Å². The van der Waals surface area contributed by atoms with E-state index in [0.29, 0.717) is 0 Å². The topological polar surface area (TPSA) is 77.3 Å². The van der Waals surface area contributed by atoms with Crippen molar-refractivity contribution in [2.75, 3.05) is 6.79 Å². The number of fused-ring (bicyclic) bond motifs is 3. The summed E-state index contributed by atoms with van der Waals surface area (Å²) in [6, 6.07) is 13.8. The zero-order valence-corrected chi connectivity index (χ0v) is 14.1. The van der Waals surface area contributed by atoms with Crippen LogP contribution >= 0.6 is 0 Å². The maximum absolute atomic E-state index is 5.48. The lowest BCUT2D eigenvalue weighted by Crippen LogP contribution is -1.97. The molecule has 7 heteroatoms. The van der Waals surface area contributed by atoms with Crippen LogP contribution in [-0.2, 0) is 0 Å². The summed E-state index contributed by atoms with van der Waals surface area (Å²) < 4.78 is 12.7. The van der Waals surface area contributed by atoms with E-state index in [1.165, 1.54) is 0 Å². The molecule has 0 saturated carbocycles. The summed E-state index contributed by atoms with van der Waals surface area (Å²) in [7, 11) is 0. The fraction of sp³-hybridized carbons (Fsp3) is 0.0500. The molecule has 0 atom stereocenters. The minimum Gasteiger partial charge on any atom is -0.454 e. The third-order valence-corrected chi connectivity index (χ3v) is 4.73. The van der Waals surface area contributed by atoms with E-state index in [2.05, 4.69) is 21.0 Å². The van der Waals surface area contributed by atoms with Gasteiger partial charge >= 0.3 is 0 Å². The molecule has 1 aliphatic heterocycles. The van der Waals surface area contributed by atoms with Gasteiger partial charge in [-0.25, -0.2) is 14.5 Å². The largest absolute Gasteiger partial charge is 0.454 e. The lowest BCUT2D eigenvalue weighted by Gasteiger charge is -2.06. The standard InChI is InChI=1S/C20H13N5O2/c1-3-17-18(27-11-26-17)8-12(1)15-2-4-19-22-10-16(25(19)24-15)14-7-13-5-6-21-20(13)23-9-14/h1-10H,11H2,(H,21,23). The van der Waals surface area contributed by atoms with Gasteiger partial charge in [-0.2, -0.15) is 5.10 Å². The number of nitrogens with one attached hydrogen (secondary N) is 1. The molecule has 4 aromatic heterocycles. The molecular formula is C20H13N5O2. The molecule has 0 fully saturated rings. The van der Waals surface area contributed by atoms with Crippen LogP contribution in [0.2, 0.25) is 0 Å². The van der Waals surface area contributed by atoms with E-state index < -0.39 is 0 Å². The highest BCUT2D eigenvalue weighted by Gasteiger charge is 2.15. The molecule has 0 saturated heterocycles. The first-order chi connectivity index (χ1) is 13.3. The van der Waals surface area contributed by atoms with Gasteiger partial charge in [0, 0.05) is 28.9 Å².